The van der Waals surface area contributed by atoms with Gasteiger partial charge in [-0.3, -0.25) is 0 Å². The van der Waals surface area contributed by atoms with Gasteiger partial charge in [0.1, 0.15) is 5.76 Å². The number of furan rings is 1. The molecule has 0 aliphatic heterocycles. The van der Waals surface area contributed by atoms with Crippen molar-refractivity contribution in [2.75, 3.05) is 0 Å². The molecule has 0 fully saturated rings. The predicted molar refractivity (Wildman–Crippen MR) is 67.8 cm³/mol. The Morgan fingerprint density at radius 2 is 1.87 bits per heavy atom. The van der Waals surface area contributed by atoms with Gasteiger partial charge >= 0.3 is 0 Å². The van der Waals surface area contributed by atoms with Crippen LogP contribution >= 0.6 is 27.7 Å². The molecule has 15 heavy (non-hydrogen) atoms. The van der Waals surface area contributed by atoms with Gasteiger partial charge in [-0.15, -0.1) is 11.8 Å². The smallest absolute Gasteiger partial charge is 0.113 e. The zero-order valence-corrected chi connectivity index (χ0v) is 10.6. The first kappa shape index (κ1) is 10.8. The Balaban J connectivity index is 1.81. The van der Waals surface area contributed by atoms with Gasteiger partial charge in [0.15, 0.2) is 0 Å². The normalized spacial score (nSPS) is 10.5. The molecule has 0 spiro atoms. The average molecular weight is 283 g/mol. The highest BCUT2D eigenvalue weighted by Gasteiger charge is 1.97. The van der Waals surface area contributed by atoms with E-state index in [1.54, 1.807) is 6.26 Å². The maximum atomic E-state index is 5.26. The fourth-order valence-electron chi connectivity index (χ4n) is 1.24. The summed E-state index contributed by atoms with van der Waals surface area (Å²) >= 11 is 5.28. The summed E-state index contributed by atoms with van der Waals surface area (Å²) in [6.07, 6.45) is 1.72. The summed E-state index contributed by atoms with van der Waals surface area (Å²) in [7, 11) is 0. The minimum absolute atomic E-state index is 0.934. The van der Waals surface area contributed by atoms with Crippen LogP contribution in [-0.2, 0) is 11.5 Å². The lowest BCUT2D eigenvalue weighted by molar-refractivity contribution is 0.530. The topological polar surface area (TPSA) is 13.1 Å². The van der Waals surface area contributed by atoms with E-state index in [1.807, 2.05) is 23.9 Å². The first-order valence-electron chi connectivity index (χ1n) is 4.69. The average Bonchev–Trinajstić information content (AvgIpc) is 2.74. The molecule has 0 saturated carbocycles. The second-order valence-corrected chi connectivity index (χ2v) is 5.10. The van der Waals surface area contributed by atoms with Gasteiger partial charge in [-0.05, 0) is 29.8 Å². The number of halogens is 1. The lowest BCUT2D eigenvalue weighted by Gasteiger charge is -2.00. The van der Waals surface area contributed by atoms with Crippen LogP contribution < -0.4 is 0 Å². The second kappa shape index (κ2) is 5.42. The molecular formula is C12H11BrOS. The minimum Gasteiger partial charge on any atom is -0.468 e. The van der Waals surface area contributed by atoms with Gasteiger partial charge in [0.05, 0.1) is 12.0 Å². The van der Waals surface area contributed by atoms with Crippen LogP contribution in [0.1, 0.15) is 11.3 Å². The Kier molecular flexibility index (Phi) is 3.92. The van der Waals surface area contributed by atoms with Gasteiger partial charge < -0.3 is 4.42 Å². The van der Waals surface area contributed by atoms with Crippen LogP contribution in [0.4, 0.5) is 0 Å². The van der Waals surface area contributed by atoms with Gasteiger partial charge in [0, 0.05) is 10.2 Å². The molecule has 0 amide bonds. The minimum atomic E-state index is 0.934. The van der Waals surface area contributed by atoms with Gasteiger partial charge in [-0.25, -0.2) is 0 Å². The van der Waals surface area contributed by atoms with Crippen molar-refractivity contribution in [2.45, 2.75) is 11.5 Å². The zero-order valence-electron chi connectivity index (χ0n) is 8.15. The summed E-state index contributed by atoms with van der Waals surface area (Å²) < 4.78 is 6.39. The molecule has 2 rings (SSSR count). The van der Waals surface area contributed by atoms with E-state index >= 15 is 0 Å². The van der Waals surface area contributed by atoms with Crippen LogP contribution in [-0.4, -0.2) is 0 Å². The molecule has 0 bridgehead atoms. The number of hydrogen-bond acceptors (Lipinski definition) is 2. The Morgan fingerprint density at radius 3 is 2.53 bits per heavy atom. The van der Waals surface area contributed by atoms with Crippen molar-refractivity contribution >= 4 is 27.7 Å². The number of benzene rings is 1. The summed E-state index contributed by atoms with van der Waals surface area (Å²) in [6, 6.07) is 12.4. The molecular weight excluding hydrogens is 272 g/mol. The molecule has 2 aromatic rings. The van der Waals surface area contributed by atoms with E-state index in [0.29, 0.717) is 0 Å². The molecule has 0 atom stereocenters. The summed E-state index contributed by atoms with van der Waals surface area (Å²) in [5.74, 6) is 2.99. The highest BCUT2D eigenvalue weighted by molar-refractivity contribution is 9.10. The van der Waals surface area contributed by atoms with Crippen LogP contribution in [0.3, 0.4) is 0 Å². The molecule has 0 unspecified atom stereocenters. The lowest BCUT2D eigenvalue weighted by atomic mass is 10.2. The highest BCUT2D eigenvalue weighted by atomic mass is 79.9. The summed E-state index contributed by atoms with van der Waals surface area (Å²) in [5, 5.41) is 0. The maximum absolute atomic E-state index is 5.26. The Labute approximate surface area is 102 Å². The third-order valence-electron chi connectivity index (χ3n) is 2.01. The van der Waals surface area contributed by atoms with Crippen molar-refractivity contribution in [2.24, 2.45) is 0 Å². The van der Waals surface area contributed by atoms with Gasteiger partial charge in [0.25, 0.3) is 0 Å². The van der Waals surface area contributed by atoms with Crippen molar-refractivity contribution in [3.05, 3.63) is 58.5 Å². The molecule has 3 heteroatoms. The monoisotopic (exact) mass is 282 g/mol. The number of thioether (sulfide) groups is 1. The van der Waals surface area contributed by atoms with Crippen LogP contribution in [0.5, 0.6) is 0 Å². The summed E-state index contributed by atoms with van der Waals surface area (Å²) in [5.41, 5.74) is 1.34. The Morgan fingerprint density at radius 1 is 1.07 bits per heavy atom. The van der Waals surface area contributed by atoms with E-state index in [2.05, 4.69) is 40.2 Å². The molecule has 1 aromatic carbocycles. The van der Waals surface area contributed by atoms with Crippen molar-refractivity contribution in [1.29, 1.82) is 0 Å². The second-order valence-electron chi connectivity index (χ2n) is 3.20. The van der Waals surface area contributed by atoms with E-state index in [4.69, 9.17) is 4.42 Å². The zero-order chi connectivity index (χ0) is 10.5. The van der Waals surface area contributed by atoms with Gasteiger partial charge in [-0.1, -0.05) is 28.1 Å². The van der Waals surface area contributed by atoms with Crippen LogP contribution in [0.25, 0.3) is 0 Å². The number of hydrogen-bond donors (Lipinski definition) is 0. The molecule has 1 heterocycles. The Bertz CT molecular complexity index is 394. The van der Waals surface area contributed by atoms with E-state index in [9.17, 15) is 0 Å². The highest BCUT2D eigenvalue weighted by Crippen LogP contribution is 2.19. The number of rotatable bonds is 4. The molecule has 78 valence electrons. The van der Waals surface area contributed by atoms with E-state index < -0.39 is 0 Å². The largest absolute Gasteiger partial charge is 0.468 e. The first-order valence-corrected chi connectivity index (χ1v) is 6.64. The van der Waals surface area contributed by atoms with Crippen molar-refractivity contribution in [3.8, 4) is 0 Å². The van der Waals surface area contributed by atoms with E-state index in [-0.39, 0.29) is 0 Å². The summed E-state index contributed by atoms with van der Waals surface area (Å²) in [4.78, 5) is 0. The molecule has 0 aliphatic carbocycles. The fourth-order valence-corrected chi connectivity index (χ4v) is 2.40. The molecule has 1 aromatic heterocycles. The van der Waals surface area contributed by atoms with Crippen molar-refractivity contribution in [1.82, 2.24) is 0 Å². The Hall–Kier alpha value is -0.670. The first-order chi connectivity index (χ1) is 7.34. The van der Waals surface area contributed by atoms with Crippen molar-refractivity contribution < 1.29 is 4.42 Å². The van der Waals surface area contributed by atoms with E-state index in [1.165, 1.54) is 5.56 Å². The third kappa shape index (κ3) is 3.43. The molecule has 1 nitrogen and oxygen atoms in total. The standard InChI is InChI=1S/C12H11BrOS/c13-11-5-3-10(4-6-11)8-15-9-12-2-1-7-14-12/h1-7H,8-9H2. The summed E-state index contributed by atoms with van der Waals surface area (Å²) in [6.45, 7) is 0. The van der Waals surface area contributed by atoms with Crippen molar-refractivity contribution in [3.63, 3.8) is 0 Å². The lowest BCUT2D eigenvalue weighted by Crippen LogP contribution is -1.81. The quantitative estimate of drug-likeness (QED) is 0.821. The van der Waals surface area contributed by atoms with Gasteiger partial charge in [0.2, 0.25) is 0 Å². The van der Waals surface area contributed by atoms with Crippen LogP contribution in [0.15, 0.2) is 51.6 Å². The van der Waals surface area contributed by atoms with Gasteiger partial charge in [-0.2, -0.15) is 0 Å². The fraction of sp³-hybridized carbons (Fsp3) is 0.167. The van der Waals surface area contributed by atoms with E-state index in [0.717, 1.165) is 21.7 Å². The predicted octanol–water partition coefficient (Wildman–Crippen LogP) is 4.48. The molecule has 0 radical (unpaired) electrons. The van der Waals surface area contributed by atoms with Crippen LogP contribution in [0.2, 0.25) is 0 Å². The third-order valence-corrected chi connectivity index (χ3v) is 3.56. The molecule has 0 saturated heterocycles. The SMILES string of the molecule is Brc1ccc(CSCc2ccco2)cc1. The molecule has 0 aliphatic rings. The molecule has 0 N–H and O–H groups in total. The maximum Gasteiger partial charge on any atom is 0.113 e. The van der Waals surface area contributed by atoms with Crippen LogP contribution in [0, 0.1) is 0 Å².